The molecule has 0 fully saturated rings. The molecule has 0 aliphatic carbocycles. The minimum atomic E-state index is -1.11. The van der Waals surface area contributed by atoms with Crippen LogP contribution in [0.1, 0.15) is 36.7 Å². The lowest BCUT2D eigenvalue weighted by Crippen LogP contribution is -2.12. The Morgan fingerprint density at radius 1 is 1.29 bits per heavy atom. The number of para-hydroxylation sites is 1. The Bertz CT molecular complexity index is 677. The fourth-order valence-electron chi connectivity index (χ4n) is 1.93. The summed E-state index contributed by atoms with van der Waals surface area (Å²) in [5.41, 5.74) is 0.882. The molecule has 4 nitrogen and oxygen atoms in total. The van der Waals surface area contributed by atoms with Crippen LogP contribution in [0.4, 0.5) is 0 Å². The fourth-order valence-corrected chi connectivity index (χ4v) is 2.11. The quantitative estimate of drug-likeness (QED) is 0.905. The van der Waals surface area contributed by atoms with Crippen molar-refractivity contribution in [3.05, 3.63) is 52.7 Å². The van der Waals surface area contributed by atoms with Crippen molar-refractivity contribution < 1.29 is 14.6 Å². The minimum absolute atomic E-state index is 0.0325. The van der Waals surface area contributed by atoms with Gasteiger partial charge in [0.15, 0.2) is 0 Å². The number of aromatic nitrogens is 1. The number of pyridine rings is 1. The third kappa shape index (κ3) is 3.52. The zero-order valence-electron chi connectivity index (χ0n) is 12.1. The molecular formula is C16H16ClNO3. The fraction of sp³-hybridized carbons (Fsp3) is 0.250. The first-order chi connectivity index (χ1) is 9.79. The van der Waals surface area contributed by atoms with Gasteiger partial charge in [0.1, 0.15) is 5.75 Å². The number of rotatable bonds is 3. The molecule has 0 radical (unpaired) electrons. The summed E-state index contributed by atoms with van der Waals surface area (Å²) < 4.78 is 5.75. The Morgan fingerprint density at radius 3 is 2.57 bits per heavy atom. The average Bonchev–Trinajstić information content (AvgIpc) is 2.40. The molecule has 0 spiro atoms. The van der Waals surface area contributed by atoms with E-state index in [9.17, 15) is 4.79 Å². The number of aromatic carboxylic acids is 1. The van der Waals surface area contributed by atoms with Gasteiger partial charge in [0.25, 0.3) is 0 Å². The zero-order valence-corrected chi connectivity index (χ0v) is 12.8. The van der Waals surface area contributed by atoms with E-state index in [1.807, 2.05) is 24.3 Å². The van der Waals surface area contributed by atoms with Gasteiger partial charge < -0.3 is 9.84 Å². The SMILES string of the molecule is CC(C)(C)c1ccccc1Oc1cc(C(=O)O)c(Cl)cn1. The molecule has 0 aliphatic heterocycles. The predicted octanol–water partition coefficient (Wildman–Crippen LogP) is 4.52. The third-order valence-corrected chi connectivity index (χ3v) is 3.27. The second-order valence-electron chi connectivity index (χ2n) is 5.66. The van der Waals surface area contributed by atoms with E-state index in [1.165, 1.54) is 12.3 Å². The van der Waals surface area contributed by atoms with Gasteiger partial charge in [0.05, 0.1) is 16.8 Å². The Balaban J connectivity index is 2.40. The molecule has 5 heteroatoms. The maximum Gasteiger partial charge on any atom is 0.337 e. The van der Waals surface area contributed by atoms with E-state index in [0.717, 1.165) is 5.56 Å². The lowest BCUT2D eigenvalue weighted by molar-refractivity contribution is 0.0696. The topological polar surface area (TPSA) is 59.4 Å². The summed E-state index contributed by atoms with van der Waals surface area (Å²) in [5.74, 6) is -0.263. The molecule has 1 heterocycles. The smallest absolute Gasteiger partial charge is 0.337 e. The molecule has 0 saturated heterocycles. The van der Waals surface area contributed by atoms with Crippen LogP contribution in [-0.2, 0) is 5.41 Å². The van der Waals surface area contributed by atoms with Gasteiger partial charge in [0, 0.05) is 11.6 Å². The maximum atomic E-state index is 11.1. The molecule has 1 N–H and O–H groups in total. The first kappa shape index (κ1) is 15.3. The van der Waals surface area contributed by atoms with Gasteiger partial charge in [-0.3, -0.25) is 0 Å². The number of hydrogen-bond donors (Lipinski definition) is 1. The molecule has 2 rings (SSSR count). The molecule has 1 aromatic carbocycles. The van der Waals surface area contributed by atoms with E-state index in [2.05, 4.69) is 25.8 Å². The normalized spacial score (nSPS) is 11.2. The molecule has 0 saturated carbocycles. The van der Waals surface area contributed by atoms with Crippen LogP contribution in [0.2, 0.25) is 5.02 Å². The summed E-state index contributed by atoms with van der Waals surface area (Å²) in [6.45, 7) is 6.23. The standard InChI is InChI=1S/C16H16ClNO3/c1-16(2,3)11-6-4-5-7-13(11)21-14-8-10(15(19)20)12(17)9-18-14/h4-9H,1-3H3,(H,19,20). The summed E-state index contributed by atoms with van der Waals surface area (Å²) in [6.07, 6.45) is 1.28. The maximum absolute atomic E-state index is 11.1. The van der Waals surface area contributed by atoms with Crippen LogP contribution >= 0.6 is 11.6 Å². The lowest BCUT2D eigenvalue weighted by atomic mass is 9.86. The Labute approximate surface area is 128 Å². The van der Waals surface area contributed by atoms with Gasteiger partial charge in [-0.1, -0.05) is 50.6 Å². The molecule has 0 bridgehead atoms. The molecule has 0 amide bonds. The largest absolute Gasteiger partial charge is 0.478 e. The number of hydrogen-bond acceptors (Lipinski definition) is 3. The van der Waals surface area contributed by atoms with Crippen LogP contribution < -0.4 is 4.74 Å². The van der Waals surface area contributed by atoms with E-state index < -0.39 is 5.97 Å². The highest BCUT2D eigenvalue weighted by Crippen LogP contribution is 2.34. The van der Waals surface area contributed by atoms with Crippen molar-refractivity contribution in [1.82, 2.24) is 4.98 Å². The highest BCUT2D eigenvalue weighted by Gasteiger charge is 2.19. The minimum Gasteiger partial charge on any atom is -0.478 e. The van der Waals surface area contributed by atoms with Gasteiger partial charge in [-0.15, -0.1) is 0 Å². The van der Waals surface area contributed by atoms with Crippen molar-refractivity contribution in [3.8, 4) is 11.6 Å². The van der Waals surface area contributed by atoms with Crippen molar-refractivity contribution in [2.75, 3.05) is 0 Å². The molecule has 110 valence electrons. The second kappa shape index (κ2) is 5.74. The second-order valence-corrected chi connectivity index (χ2v) is 6.06. The highest BCUT2D eigenvalue weighted by molar-refractivity contribution is 6.33. The Hall–Kier alpha value is -2.07. The van der Waals surface area contributed by atoms with Crippen molar-refractivity contribution in [1.29, 1.82) is 0 Å². The predicted molar refractivity (Wildman–Crippen MR) is 81.4 cm³/mol. The van der Waals surface area contributed by atoms with E-state index in [1.54, 1.807) is 0 Å². The molecule has 0 unspecified atom stereocenters. The summed E-state index contributed by atoms with van der Waals surface area (Å²) >= 11 is 5.80. The molecule has 1 aromatic heterocycles. The van der Waals surface area contributed by atoms with Gasteiger partial charge in [-0.2, -0.15) is 0 Å². The van der Waals surface area contributed by atoms with E-state index >= 15 is 0 Å². The number of ether oxygens (including phenoxy) is 1. The molecule has 0 aliphatic rings. The summed E-state index contributed by atoms with van der Waals surface area (Å²) in [4.78, 5) is 15.1. The van der Waals surface area contributed by atoms with Gasteiger partial charge in [-0.05, 0) is 11.5 Å². The Kier molecular flexibility index (Phi) is 4.19. The number of carbonyl (C=O) groups is 1. The summed E-state index contributed by atoms with van der Waals surface area (Å²) in [5, 5.41) is 9.15. The van der Waals surface area contributed by atoms with Crippen LogP contribution in [0.15, 0.2) is 36.5 Å². The average molecular weight is 306 g/mol. The van der Waals surface area contributed by atoms with E-state index in [4.69, 9.17) is 21.4 Å². The van der Waals surface area contributed by atoms with Crippen LogP contribution in [0.3, 0.4) is 0 Å². The number of nitrogens with zero attached hydrogens (tertiary/aromatic N) is 1. The van der Waals surface area contributed by atoms with Crippen molar-refractivity contribution >= 4 is 17.6 Å². The van der Waals surface area contributed by atoms with Crippen LogP contribution in [-0.4, -0.2) is 16.1 Å². The Morgan fingerprint density at radius 2 is 1.95 bits per heavy atom. The van der Waals surface area contributed by atoms with Gasteiger partial charge in [0.2, 0.25) is 5.88 Å². The zero-order chi connectivity index (χ0) is 15.6. The third-order valence-electron chi connectivity index (χ3n) is 2.97. The number of carboxylic acids is 1. The molecular weight excluding hydrogens is 290 g/mol. The number of carboxylic acid groups (broad SMARTS) is 1. The number of benzene rings is 1. The summed E-state index contributed by atoms with van der Waals surface area (Å²) in [7, 11) is 0. The van der Waals surface area contributed by atoms with Crippen molar-refractivity contribution in [3.63, 3.8) is 0 Å². The van der Waals surface area contributed by atoms with Gasteiger partial charge >= 0.3 is 5.97 Å². The highest BCUT2D eigenvalue weighted by atomic mass is 35.5. The van der Waals surface area contributed by atoms with E-state index in [-0.39, 0.29) is 21.9 Å². The van der Waals surface area contributed by atoms with Crippen LogP contribution in [0.25, 0.3) is 0 Å². The number of halogens is 1. The van der Waals surface area contributed by atoms with Crippen LogP contribution in [0, 0.1) is 0 Å². The van der Waals surface area contributed by atoms with Crippen molar-refractivity contribution in [2.45, 2.75) is 26.2 Å². The molecule has 0 atom stereocenters. The molecule has 2 aromatic rings. The van der Waals surface area contributed by atoms with E-state index in [0.29, 0.717) is 5.75 Å². The lowest BCUT2D eigenvalue weighted by Gasteiger charge is -2.22. The first-order valence-electron chi connectivity index (χ1n) is 6.45. The first-order valence-corrected chi connectivity index (χ1v) is 6.83. The monoisotopic (exact) mass is 305 g/mol. The summed E-state index contributed by atoms with van der Waals surface area (Å²) in [6, 6.07) is 8.93. The molecule has 21 heavy (non-hydrogen) atoms. The van der Waals surface area contributed by atoms with Crippen molar-refractivity contribution in [2.24, 2.45) is 0 Å². The van der Waals surface area contributed by atoms with Crippen LogP contribution in [0.5, 0.6) is 11.6 Å². The van der Waals surface area contributed by atoms with Gasteiger partial charge in [-0.25, -0.2) is 9.78 Å².